The predicted octanol–water partition coefficient (Wildman–Crippen LogP) is 2.67. The average molecular weight is 321 g/mol. The van der Waals surface area contributed by atoms with Crippen molar-refractivity contribution in [3.63, 3.8) is 0 Å². The zero-order valence-corrected chi connectivity index (χ0v) is 14.1. The maximum atomic E-state index is 11.8. The zero-order valence-electron chi connectivity index (χ0n) is 14.1. The normalized spacial score (nSPS) is 17.8. The van der Waals surface area contributed by atoms with Gasteiger partial charge in [-0.3, -0.25) is 4.79 Å². The van der Waals surface area contributed by atoms with Crippen LogP contribution in [0.15, 0.2) is 42.5 Å². The Labute approximate surface area is 143 Å². The van der Waals surface area contributed by atoms with Crippen molar-refractivity contribution in [2.45, 2.75) is 12.8 Å². The lowest BCUT2D eigenvalue weighted by Crippen LogP contribution is -2.43. The third kappa shape index (κ3) is 2.78. The molecule has 0 unspecified atom stereocenters. The van der Waals surface area contributed by atoms with E-state index in [2.05, 4.69) is 52.7 Å². The Hall–Kier alpha value is -2.33. The van der Waals surface area contributed by atoms with Gasteiger partial charge in [0.05, 0.1) is 0 Å². The van der Waals surface area contributed by atoms with E-state index in [-0.39, 0.29) is 5.91 Å². The van der Waals surface area contributed by atoms with Gasteiger partial charge in [-0.2, -0.15) is 0 Å². The highest BCUT2D eigenvalue weighted by molar-refractivity contribution is 5.96. The molecule has 1 fully saturated rings. The highest BCUT2D eigenvalue weighted by atomic mass is 16.2. The standard InChI is InChI=1S/C20H23N3O/c1-22-19-8-4-16(14-17(19)5-9-20(22)24)15-2-6-18(7-3-15)23-12-10-21-11-13-23/h2-4,6-8,14,21H,5,9-13H2,1H3. The fourth-order valence-electron chi connectivity index (χ4n) is 3.62. The second-order valence-electron chi connectivity index (χ2n) is 6.58. The molecule has 1 saturated heterocycles. The van der Waals surface area contributed by atoms with Gasteiger partial charge >= 0.3 is 0 Å². The molecule has 2 aliphatic rings. The Morgan fingerprint density at radius 3 is 2.38 bits per heavy atom. The van der Waals surface area contributed by atoms with Crippen LogP contribution in [-0.4, -0.2) is 39.1 Å². The number of carbonyl (C=O) groups excluding carboxylic acids is 1. The van der Waals surface area contributed by atoms with Gasteiger partial charge in [0, 0.05) is 51.0 Å². The molecule has 4 heteroatoms. The summed E-state index contributed by atoms with van der Waals surface area (Å²) in [5, 5.41) is 3.39. The first-order chi connectivity index (χ1) is 11.7. The molecule has 0 spiro atoms. The monoisotopic (exact) mass is 321 g/mol. The summed E-state index contributed by atoms with van der Waals surface area (Å²) in [6.45, 7) is 4.24. The number of fused-ring (bicyclic) bond motifs is 1. The number of aryl methyl sites for hydroxylation is 1. The lowest BCUT2D eigenvalue weighted by atomic mass is 9.96. The van der Waals surface area contributed by atoms with Crippen molar-refractivity contribution in [3.8, 4) is 11.1 Å². The number of piperazine rings is 1. The van der Waals surface area contributed by atoms with Gasteiger partial charge in [0.2, 0.25) is 5.91 Å². The quantitative estimate of drug-likeness (QED) is 0.924. The summed E-state index contributed by atoms with van der Waals surface area (Å²) < 4.78 is 0. The first-order valence-electron chi connectivity index (χ1n) is 8.68. The summed E-state index contributed by atoms with van der Waals surface area (Å²) in [5.74, 6) is 0.204. The molecule has 0 bridgehead atoms. The third-order valence-electron chi connectivity index (χ3n) is 5.11. The zero-order chi connectivity index (χ0) is 16.5. The Morgan fingerprint density at radius 2 is 1.62 bits per heavy atom. The predicted molar refractivity (Wildman–Crippen MR) is 98.7 cm³/mol. The van der Waals surface area contributed by atoms with Crippen LogP contribution >= 0.6 is 0 Å². The molecule has 2 aliphatic heterocycles. The van der Waals surface area contributed by atoms with Crippen molar-refractivity contribution < 1.29 is 4.79 Å². The van der Waals surface area contributed by atoms with Crippen molar-refractivity contribution in [2.24, 2.45) is 0 Å². The van der Waals surface area contributed by atoms with Gasteiger partial charge in [-0.25, -0.2) is 0 Å². The van der Waals surface area contributed by atoms with E-state index < -0.39 is 0 Å². The summed E-state index contributed by atoms with van der Waals surface area (Å²) in [6.07, 6.45) is 1.44. The number of rotatable bonds is 2. The molecule has 0 radical (unpaired) electrons. The van der Waals surface area contributed by atoms with Gasteiger partial charge in [-0.15, -0.1) is 0 Å². The molecule has 2 heterocycles. The average Bonchev–Trinajstić information content (AvgIpc) is 2.65. The highest BCUT2D eigenvalue weighted by Crippen LogP contribution is 2.32. The highest BCUT2D eigenvalue weighted by Gasteiger charge is 2.21. The van der Waals surface area contributed by atoms with Gasteiger partial charge in [-0.05, 0) is 47.4 Å². The lowest BCUT2D eigenvalue weighted by molar-refractivity contribution is -0.118. The number of nitrogens with one attached hydrogen (secondary N) is 1. The summed E-state index contributed by atoms with van der Waals surface area (Å²) in [4.78, 5) is 16.0. The smallest absolute Gasteiger partial charge is 0.227 e. The lowest BCUT2D eigenvalue weighted by Gasteiger charge is -2.29. The van der Waals surface area contributed by atoms with E-state index in [1.54, 1.807) is 4.90 Å². The summed E-state index contributed by atoms with van der Waals surface area (Å²) in [7, 11) is 1.86. The molecule has 0 aromatic heterocycles. The van der Waals surface area contributed by atoms with Crippen LogP contribution < -0.4 is 15.1 Å². The number of amides is 1. The van der Waals surface area contributed by atoms with E-state index in [0.29, 0.717) is 6.42 Å². The van der Waals surface area contributed by atoms with Gasteiger partial charge in [0.1, 0.15) is 0 Å². The molecule has 4 nitrogen and oxygen atoms in total. The molecular formula is C20H23N3O. The van der Waals surface area contributed by atoms with E-state index in [0.717, 1.165) is 38.3 Å². The van der Waals surface area contributed by atoms with Crippen molar-refractivity contribution >= 4 is 17.3 Å². The van der Waals surface area contributed by atoms with Gasteiger partial charge in [0.25, 0.3) is 0 Å². The largest absolute Gasteiger partial charge is 0.369 e. The topological polar surface area (TPSA) is 35.6 Å². The molecule has 1 amide bonds. The molecule has 4 rings (SSSR count). The number of hydrogen-bond acceptors (Lipinski definition) is 3. The third-order valence-corrected chi connectivity index (χ3v) is 5.11. The van der Waals surface area contributed by atoms with Crippen LogP contribution in [0.2, 0.25) is 0 Å². The number of anilines is 2. The van der Waals surface area contributed by atoms with Gasteiger partial charge in [-0.1, -0.05) is 18.2 Å². The van der Waals surface area contributed by atoms with Crippen LogP contribution in [0.5, 0.6) is 0 Å². The molecule has 0 aliphatic carbocycles. The van der Waals surface area contributed by atoms with Crippen molar-refractivity contribution in [2.75, 3.05) is 43.0 Å². The van der Waals surface area contributed by atoms with E-state index >= 15 is 0 Å². The maximum absolute atomic E-state index is 11.8. The van der Waals surface area contributed by atoms with Crippen LogP contribution in [0, 0.1) is 0 Å². The Balaban J connectivity index is 1.59. The SMILES string of the molecule is CN1C(=O)CCc2cc(-c3ccc(N4CCNCC4)cc3)ccc21. The fourth-order valence-corrected chi connectivity index (χ4v) is 3.62. The summed E-state index contributed by atoms with van der Waals surface area (Å²) in [5.41, 5.74) is 6.07. The van der Waals surface area contributed by atoms with Crippen molar-refractivity contribution in [1.29, 1.82) is 0 Å². The van der Waals surface area contributed by atoms with Crippen molar-refractivity contribution in [3.05, 3.63) is 48.0 Å². The molecule has 24 heavy (non-hydrogen) atoms. The van der Waals surface area contributed by atoms with Crippen LogP contribution in [0.4, 0.5) is 11.4 Å². The first-order valence-corrected chi connectivity index (χ1v) is 8.68. The Kier molecular flexibility index (Phi) is 3.98. The molecule has 124 valence electrons. The molecule has 0 saturated carbocycles. The molecule has 0 atom stereocenters. The minimum atomic E-state index is 0.204. The van der Waals surface area contributed by atoms with Crippen LogP contribution in [0.3, 0.4) is 0 Å². The second kappa shape index (κ2) is 6.29. The maximum Gasteiger partial charge on any atom is 0.227 e. The molecular weight excluding hydrogens is 298 g/mol. The number of benzene rings is 2. The number of carbonyl (C=O) groups is 1. The molecule has 2 aromatic rings. The second-order valence-corrected chi connectivity index (χ2v) is 6.58. The van der Waals surface area contributed by atoms with Gasteiger partial charge in [0.15, 0.2) is 0 Å². The van der Waals surface area contributed by atoms with Crippen LogP contribution in [0.25, 0.3) is 11.1 Å². The summed E-state index contributed by atoms with van der Waals surface area (Å²) in [6, 6.07) is 15.3. The van der Waals surface area contributed by atoms with E-state index in [4.69, 9.17) is 0 Å². The van der Waals surface area contributed by atoms with Crippen LogP contribution in [0.1, 0.15) is 12.0 Å². The van der Waals surface area contributed by atoms with E-state index in [1.165, 1.54) is 22.4 Å². The Bertz CT molecular complexity index is 748. The fraction of sp³-hybridized carbons (Fsp3) is 0.350. The minimum Gasteiger partial charge on any atom is -0.369 e. The van der Waals surface area contributed by atoms with E-state index in [1.807, 2.05) is 7.05 Å². The Morgan fingerprint density at radius 1 is 0.917 bits per heavy atom. The first kappa shape index (κ1) is 15.2. The van der Waals surface area contributed by atoms with Gasteiger partial charge < -0.3 is 15.1 Å². The van der Waals surface area contributed by atoms with E-state index in [9.17, 15) is 4.79 Å². The van der Waals surface area contributed by atoms with Crippen LogP contribution in [-0.2, 0) is 11.2 Å². The van der Waals surface area contributed by atoms with Crippen molar-refractivity contribution in [1.82, 2.24) is 5.32 Å². The number of nitrogens with zero attached hydrogens (tertiary/aromatic N) is 2. The summed E-state index contributed by atoms with van der Waals surface area (Å²) >= 11 is 0. The molecule has 2 aromatic carbocycles. The molecule has 1 N–H and O–H groups in total. The minimum absolute atomic E-state index is 0.204. The number of hydrogen-bond donors (Lipinski definition) is 1.